The fourth-order valence-corrected chi connectivity index (χ4v) is 3.58. The molecule has 0 saturated carbocycles. The molecule has 0 radical (unpaired) electrons. The molecule has 0 aromatic heterocycles. The van der Waals surface area contributed by atoms with Crippen LogP contribution in [0.5, 0.6) is 0 Å². The van der Waals surface area contributed by atoms with Crippen LogP contribution in [0.2, 0.25) is 0 Å². The molecule has 2 rings (SSSR count). The minimum absolute atomic E-state index is 0.0108. The van der Waals surface area contributed by atoms with Gasteiger partial charge in [0.25, 0.3) is 5.91 Å². The first kappa shape index (κ1) is 16.4. The van der Waals surface area contributed by atoms with Crippen LogP contribution in [0.1, 0.15) is 22.8 Å². The first-order chi connectivity index (χ1) is 10.2. The third-order valence-corrected chi connectivity index (χ3v) is 5.49. The summed E-state index contributed by atoms with van der Waals surface area (Å²) in [6.07, 6.45) is 0.660. The number of nitrogens with one attached hydrogen (secondary N) is 1. The SMILES string of the molecule is CC(CN(C)S(=O)(=O)c1ccc2c(c1)C(=O)NCC2)C(=O)O. The smallest absolute Gasteiger partial charge is 0.307 e. The van der Waals surface area contributed by atoms with Crippen LogP contribution in [0, 0.1) is 5.92 Å². The van der Waals surface area contributed by atoms with Gasteiger partial charge in [0.05, 0.1) is 10.8 Å². The van der Waals surface area contributed by atoms with Crippen molar-refractivity contribution in [1.82, 2.24) is 9.62 Å². The standard InChI is InChI=1S/C14H18N2O5S/c1-9(14(18)19)8-16(2)22(20,21)11-4-3-10-5-6-15-13(17)12(10)7-11/h3-4,7,9H,5-6,8H2,1-2H3,(H,15,17)(H,18,19). The summed E-state index contributed by atoms with van der Waals surface area (Å²) >= 11 is 0. The van der Waals surface area contributed by atoms with Crippen molar-refractivity contribution in [3.8, 4) is 0 Å². The highest BCUT2D eigenvalue weighted by atomic mass is 32.2. The number of carbonyl (C=O) groups excluding carboxylic acids is 1. The van der Waals surface area contributed by atoms with Gasteiger partial charge in [-0.2, -0.15) is 0 Å². The molecular formula is C14H18N2O5S. The molecule has 7 nitrogen and oxygen atoms in total. The Morgan fingerprint density at radius 2 is 2.14 bits per heavy atom. The van der Waals surface area contributed by atoms with Crippen molar-refractivity contribution in [2.75, 3.05) is 20.1 Å². The minimum atomic E-state index is -3.83. The van der Waals surface area contributed by atoms with E-state index < -0.39 is 21.9 Å². The maximum Gasteiger partial charge on any atom is 0.307 e. The van der Waals surface area contributed by atoms with Crippen LogP contribution in [-0.4, -0.2) is 49.8 Å². The van der Waals surface area contributed by atoms with Crippen LogP contribution in [0.25, 0.3) is 0 Å². The van der Waals surface area contributed by atoms with Gasteiger partial charge in [-0.05, 0) is 24.1 Å². The Labute approximate surface area is 129 Å². The molecule has 8 heteroatoms. The summed E-state index contributed by atoms with van der Waals surface area (Å²) in [6, 6.07) is 4.44. The first-order valence-corrected chi connectivity index (χ1v) is 8.27. The van der Waals surface area contributed by atoms with Crippen molar-refractivity contribution >= 4 is 21.9 Å². The number of nitrogens with zero attached hydrogens (tertiary/aromatic N) is 1. The lowest BCUT2D eigenvalue weighted by atomic mass is 10.0. The van der Waals surface area contributed by atoms with Crippen LogP contribution < -0.4 is 5.32 Å². The summed E-state index contributed by atoms with van der Waals surface area (Å²) in [5, 5.41) is 11.6. The molecule has 1 aliphatic rings. The molecule has 1 aromatic rings. The number of carboxylic acid groups (broad SMARTS) is 1. The van der Waals surface area contributed by atoms with E-state index in [9.17, 15) is 18.0 Å². The topological polar surface area (TPSA) is 104 Å². The molecule has 1 aromatic carbocycles. The summed E-state index contributed by atoms with van der Waals surface area (Å²) in [6.45, 7) is 1.84. The average Bonchev–Trinajstić information content (AvgIpc) is 2.47. The van der Waals surface area contributed by atoms with Gasteiger partial charge >= 0.3 is 5.97 Å². The van der Waals surface area contributed by atoms with E-state index in [4.69, 9.17) is 5.11 Å². The molecule has 1 atom stereocenters. The van der Waals surface area contributed by atoms with Crippen LogP contribution in [0.4, 0.5) is 0 Å². The molecule has 0 aliphatic carbocycles. The summed E-state index contributed by atoms with van der Waals surface area (Å²) in [7, 11) is -2.51. The Balaban J connectivity index is 2.32. The maximum atomic E-state index is 12.5. The van der Waals surface area contributed by atoms with E-state index in [1.54, 1.807) is 6.07 Å². The summed E-state index contributed by atoms with van der Waals surface area (Å²) < 4.78 is 26.0. The number of rotatable bonds is 5. The zero-order valence-electron chi connectivity index (χ0n) is 12.4. The van der Waals surface area contributed by atoms with Crippen LogP contribution in [0.15, 0.2) is 23.1 Å². The van der Waals surface area contributed by atoms with Gasteiger partial charge in [-0.25, -0.2) is 12.7 Å². The van der Waals surface area contributed by atoms with E-state index in [1.807, 2.05) is 0 Å². The highest BCUT2D eigenvalue weighted by molar-refractivity contribution is 7.89. The van der Waals surface area contributed by atoms with Crippen LogP contribution >= 0.6 is 0 Å². The Morgan fingerprint density at radius 3 is 2.77 bits per heavy atom. The van der Waals surface area contributed by atoms with Gasteiger partial charge in [-0.3, -0.25) is 9.59 Å². The molecule has 1 amide bonds. The second-order valence-corrected chi connectivity index (χ2v) is 7.39. The maximum absolute atomic E-state index is 12.5. The number of amides is 1. The predicted molar refractivity (Wildman–Crippen MR) is 79.1 cm³/mol. The van der Waals surface area contributed by atoms with Crippen molar-refractivity contribution in [3.05, 3.63) is 29.3 Å². The lowest BCUT2D eigenvalue weighted by Crippen LogP contribution is -2.35. The van der Waals surface area contributed by atoms with Crippen molar-refractivity contribution in [2.24, 2.45) is 5.92 Å². The number of fused-ring (bicyclic) bond motifs is 1. The lowest BCUT2D eigenvalue weighted by Gasteiger charge is -2.21. The second kappa shape index (κ2) is 6.05. The molecule has 0 bridgehead atoms. The van der Waals surface area contributed by atoms with E-state index in [-0.39, 0.29) is 17.3 Å². The summed E-state index contributed by atoms with van der Waals surface area (Å²) in [5.41, 5.74) is 1.16. The number of carbonyl (C=O) groups is 2. The third kappa shape index (κ3) is 3.12. The first-order valence-electron chi connectivity index (χ1n) is 6.83. The Kier molecular flexibility index (Phi) is 4.52. The number of sulfonamides is 1. The predicted octanol–water partition coefficient (Wildman–Crippen LogP) is 0.314. The fourth-order valence-electron chi connectivity index (χ4n) is 2.29. The molecule has 1 unspecified atom stereocenters. The molecule has 1 aliphatic heterocycles. The van der Waals surface area contributed by atoms with Gasteiger partial charge in [-0.15, -0.1) is 0 Å². The summed E-state index contributed by atoms with van der Waals surface area (Å²) in [5.74, 6) is -2.17. The van der Waals surface area contributed by atoms with Crippen molar-refractivity contribution < 1.29 is 23.1 Å². The molecular weight excluding hydrogens is 308 g/mol. The van der Waals surface area contributed by atoms with E-state index >= 15 is 0 Å². The number of benzene rings is 1. The molecule has 0 fully saturated rings. The molecule has 22 heavy (non-hydrogen) atoms. The molecule has 0 spiro atoms. The van der Waals surface area contributed by atoms with Crippen molar-refractivity contribution in [3.63, 3.8) is 0 Å². The second-order valence-electron chi connectivity index (χ2n) is 5.35. The average molecular weight is 326 g/mol. The highest BCUT2D eigenvalue weighted by Gasteiger charge is 2.27. The monoisotopic (exact) mass is 326 g/mol. The van der Waals surface area contributed by atoms with Gasteiger partial charge in [0.1, 0.15) is 0 Å². The number of aliphatic carboxylic acids is 1. The van der Waals surface area contributed by atoms with Gasteiger partial charge in [0.2, 0.25) is 10.0 Å². The molecule has 2 N–H and O–H groups in total. The van der Waals surface area contributed by atoms with Crippen LogP contribution in [0.3, 0.4) is 0 Å². The van der Waals surface area contributed by atoms with E-state index in [1.165, 1.54) is 26.1 Å². The number of hydrogen-bond acceptors (Lipinski definition) is 4. The molecule has 0 saturated heterocycles. The van der Waals surface area contributed by atoms with E-state index in [0.717, 1.165) is 9.87 Å². The van der Waals surface area contributed by atoms with Gasteiger partial charge in [0, 0.05) is 25.7 Å². The third-order valence-electron chi connectivity index (χ3n) is 3.67. The van der Waals surface area contributed by atoms with Crippen LogP contribution in [-0.2, 0) is 21.2 Å². The normalized spacial score (nSPS) is 16.0. The Morgan fingerprint density at radius 1 is 1.45 bits per heavy atom. The quantitative estimate of drug-likeness (QED) is 0.810. The minimum Gasteiger partial charge on any atom is -0.481 e. The number of carboxylic acids is 1. The zero-order chi connectivity index (χ0) is 16.5. The lowest BCUT2D eigenvalue weighted by molar-refractivity contribution is -0.141. The Hall–Kier alpha value is -1.93. The fraction of sp³-hybridized carbons (Fsp3) is 0.429. The highest BCUT2D eigenvalue weighted by Crippen LogP contribution is 2.22. The van der Waals surface area contributed by atoms with Crippen molar-refractivity contribution in [2.45, 2.75) is 18.2 Å². The van der Waals surface area contributed by atoms with Gasteiger partial charge in [0.15, 0.2) is 0 Å². The molecule has 1 heterocycles. The Bertz CT molecular complexity index is 714. The van der Waals surface area contributed by atoms with Gasteiger partial charge in [-0.1, -0.05) is 13.0 Å². The molecule has 120 valence electrons. The van der Waals surface area contributed by atoms with E-state index in [2.05, 4.69) is 5.32 Å². The largest absolute Gasteiger partial charge is 0.481 e. The number of hydrogen-bond donors (Lipinski definition) is 2. The van der Waals surface area contributed by atoms with E-state index in [0.29, 0.717) is 18.5 Å². The zero-order valence-corrected chi connectivity index (χ0v) is 13.2. The van der Waals surface area contributed by atoms with Gasteiger partial charge < -0.3 is 10.4 Å². The summed E-state index contributed by atoms with van der Waals surface area (Å²) in [4.78, 5) is 22.7. The van der Waals surface area contributed by atoms with Crippen molar-refractivity contribution in [1.29, 1.82) is 0 Å².